The number of nitrogens with zero attached hydrogens (tertiary/aromatic N) is 1. The van der Waals surface area contributed by atoms with Gasteiger partial charge in [-0.15, -0.1) is 0 Å². The van der Waals surface area contributed by atoms with Crippen molar-refractivity contribution in [3.05, 3.63) is 0 Å². The molecule has 22 heavy (non-hydrogen) atoms. The molecule has 0 radical (unpaired) electrons. The lowest BCUT2D eigenvalue weighted by molar-refractivity contribution is 0.0205. The highest BCUT2D eigenvalue weighted by Crippen LogP contribution is 2.14. The summed E-state index contributed by atoms with van der Waals surface area (Å²) in [7, 11) is 0. The van der Waals surface area contributed by atoms with Crippen molar-refractivity contribution in [2.75, 3.05) is 59.3 Å². The van der Waals surface area contributed by atoms with Gasteiger partial charge in [-0.05, 0) is 39.0 Å². The summed E-state index contributed by atoms with van der Waals surface area (Å²) in [5.41, 5.74) is 0. The molecule has 0 atom stereocenters. The fourth-order valence-corrected chi connectivity index (χ4v) is 2.25. The van der Waals surface area contributed by atoms with E-state index in [9.17, 15) is 0 Å². The monoisotopic (exact) mass is 315 g/mol. The summed E-state index contributed by atoms with van der Waals surface area (Å²) >= 11 is 0. The van der Waals surface area contributed by atoms with E-state index < -0.39 is 0 Å². The van der Waals surface area contributed by atoms with Crippen molar-refractivity contribution in [2.24, 2.45) is 10.9 Å². The van der Waals surface area contributed by atoms with Crippen molar-refractivity contribution in [1.29, 1.82) is 0 Å². The van der Waals surface area contributed by atoms with Gasteiger partial charge in [0.25, 0.3) is 0 Å². The smallest absolute Gasteiger partial charge is 0.191 e. The summed E-state index contributed by atoms with van der Waals surface area (Å²) in [6.07, 6.45) is 3.21. The standard InChI is InChI=1S/C16H33N3O3/c1-3-17-16(19-9-13-20-4-2)18-8-5-10-22-14-15-6-11-21-12-7-15/h15H,3-14H2,1-2H3,(H2,17,18,19). The van der Waals surface area contributed by atoms with Gasteiger partial charge in [0, 0.05) is 52.7 Å². The van der Waals surface area contributed by atoms with Gasteiger partial charge in [0.2, 0.25) is 0 Å². The number of hydrogen-bond acceptors (Lipinski definition) is 4. The molecule has 0 aromatic carbocycles. The molecule has 0 saturated carbocycles. The Kier molecular flexibility index (Phi) is 12.0. The first-order valence-corrected chi connectivity index (χ1v) is 8.62. The first-order chi connectivity index (χ1) is 10.9. The van der Waals surface area contributed by atoms with Gasteiger partial charge in [0.1, 0.15) is 0 Å². The largest absolute Gasteiger partial charge is 0.381 e. The van der Waals surface area contributed by atoms with Gasteiger partial charge in [0.05, 0.1) is 6.61 Å². The van der Waals surface area contributed by atoms with Crippen LogP contribution in [0, 0.1) is 5.92 Å². The van der Waals surface area contributed by atoms with E-state index in [0.717, 1.165) is 77.9 Å². The van der Waals surface area contributed by atoms with Gasteiger partial charge in [-0.2, -0.15) is 0 Å². The molecule has 6 heteroatoms. The maximum absolute atomic E-state index is 5.74. The molecule has 1 aliphatic heterocycles. The lowest BCUT2D eigenvalue weighted by atomic mass is 10.0. The molecule has 0 aliphatic carbocycles. The van der Waals surface area contributed by atoms with E-state index in [1.165, 1.54) is 0 Å². The van der Waals surface area contributed by atoms with Crippen molar-refractivity contribution in [3.8, 4) is 0 Å². The molecule has 130 valence electrons. The SMILES string of the molecule is CCNC(=NCCCOCC1CCOCC1)NCCOCC. The quantitative estimate of drug-likeness (QED) is 0.343. The van der Waals surface area contributed by atoms with Gasteiger partial charge >= 0.3 is 0 Å². The van der Waals surface area contributed by atoms with E-state index in [-0.39, 0.29) is 0 Å². The van der Waals surface area contributed by atoms with E-state index in [0.29, 0.717) is 12.5 Å². The second-order valence-corrected chi connectivity index (χ2v) is 5.37. The second-order valence-electron chi connectivity index (χ2n) is 5.37. The molecule has 0 aromatic rings. The Hall–Kier alpha value is -0.850. The number of hydrogen-bond donors (Lipinski definition) is 2. The number of aliphatic imine (C=N–C) groups is 1. The van der Waals surface area contributed by atoms with E-state index in [2.05, 4.69) is 22.5 Å². The minimum atomic E-state index is 0.676. The Bertz CT molecular complexity index is 282. The average Bonchev–Trinajstić information content (AvgIpc) is 2.55. The van der Waals surface area contributed by atoms with Crippen LogP contribution in [0.1, 0.15) is 33.1 Å². The fourth-order valence-electron chi connectivity index (χ4n) is 2.25. The zero-order valence-corrected chi connectivity index (χ0v) is 14.2. The van der Waals surface area contributed by atoms with Crippen molar-refractivity contribution in [2.45, 2.75) is 33.1 Å². The normalized spacial score (nSPS) is 16.7. The number of ether oxygens (including phenoxy) is 3. The van der Waals surface area contributed by atoms with Crippen LogP contribution in [-0.4, -0.2) is 65.2 Å². The predicted molar refractivity (Wildman–Crippen MR) is 89.5 cm³/mol. The number of nitrogens with one attached hydrogen (secondary N) is 2. The van der Waals surface area contributed by atoms with E-state index >= 15 is 0 Å². The van der Waals surface area contributed by atoms with Crippen LogP contribution >= 0.6 is 0 Å². The molecule has 0 unspecified atom stereocenters. The van der Waals surface area contributed by atoms with Gasteiger partial charge < -0.3 is 24.8 Å². The summed E-state index contributed by atoms with van der Waals surface area (Å²) < 4.78 is 16.4. The lowest BCUT2D eigenvalue weighted by Gasteiger charge is -2.21. The highest BCUT2D eigenvalue weighted by atomic mass is 16.5. The predicted octanol–water partition coefficient (Wildman–Crippen LogP) is 1.41. The van der Waals surface area contributed by atoms with Crippen molar-refractivity contribution in [3.63, 3.8) is 0 Å². The highest BCUT2D eigenvalue weighted by molar-refractivity contribution is 5.79. The van der Waals surface area contributed by atoms with Crippen molar-refractivity contribution >= 4 is 5.96 Å². The van der Waals surface area contributed by atoms with Crippen molar-refractivity contribution < 1.29 is 14.2 Å². The Labute approximate surface area is 135 Å². The van der Waals surface area contributed by atoms with Crippen LogP contribution in [0.3, 0.4) is 0 Å². The molecule has 0 aromatic heterocycles. The average molecular weight is 315 g/mol. The molecule has 6 nitrogen and oxygen atoms in total. The molecule has 1 fully saturated rings. The van der Waals surface area contributed by atoms with Gasteiger partial charge in [-0.25, -0.2) is 0 Å². The molecule has 1 rings (SSSR count). The van der Waals surface area contributed by atoms with Crippen LogP contribution in [0.25, 0.3) is 0 Å². The lowest BCUT2D eigenvalue weighted by Crippen LogP contribution is -2.39. The first-order valence-electron chi connectivity index (χ1n) is 8.62. The maximum atomic E-state index is 5.74. The molecular formula is C16H33N3O3. The first kappa shape index (κ1) is 19.2. The third kappa shape index (κ3) is 9.97. The van der Waals surface area contributed by atoms with E-state index in [1.54, 1.807) is 0 Å². The zero-order valence-electron chi connectivity index (χ0n) is 14.2. The molecule has 1 saturated heterocycles. The third-order valence-electron chi connectivity index (χ3n) is 3.50. The Morgan fingerprint density at radius 3 is 2.68 bits per heavy atom. The van der Waals surface area contributed by atoms with Gasteiger partial charge in [-0.3, -0.25) is 4.99 Å². The summed E-state index contributed by atoms with van der Waals surface area (Å²) in [5.74, 6) is 1.53. The van der Waals surface area contributed by atoms with Crippen LogP contribution in [0.2, 0.25) is 0 Å². The number of guanidine groups is 1. The summed E-state index contributed by atoms with van der Waals surface area (Å²) in [4.78, 5) is 4.53. The molecule has 1 aliphatic rings. The zero-order chi connectivity index (χ0) is 15.9. The molecule has 1 heterocycles. The Morgan fingerprint density at radius 1 is 1.14 bits per heavy atom. The van der Waals surface area contributed by atoms with Crippen LogP contribution in [-0.2, 0) is 14.2 Å². The highest BCUT2D eigenvalue weighted by Gasteiger charge is 2.13. The molecule has 0 spiro atoms. The second kappa shape index (κ2) is 13.8. The van der Waals surface area contributed by atoms with Crippen LogP contribution in [0.5, 0.6) is 0 Å². The minimum absolute atomic E-state index is 0.676. The van der Waals surface area contributed by atoms with Gasteiger partial charge in [0.15, 0.2) is 5.96 Å². The minimum Gasteiger partial charge on any atom is -0.381 e. The summed E-state index contributed by atoms with van der Waals surface area (Å²) in [5, 5.41) is 6.49. The number of rotatable bonds is 11. The Morgan fingerprint density at radius 2 is 1.95 bits per heavy atom. The summed E-state index contributed by atoms with van der Waals surface area (Å²) in [6, 6.07) is 0. The fraction of sp³-hybridized carbons (Fsp3) is 0.938. The Balaban J connectivity index is 2.04. The van der Waals surface area contributed by atoms with Crippen LogP contribution in [0.15, 0.2) is 4.99 Å². The van der Waals surface area contributed by atoms with Crippen LogP contribution < -0.4 is 10.6 Å². The van der Waals surface area contributed by atoms with Crippen LogP contribution in [0.4, 0.5) is 0 Å². The molecule has 2 N–H and O–H groups in total. The maximum Gasteiger partial charge on any atom is 0.191 e. The van der Waals surface area contributed by atoms with E-state index in [1.807, 2.05) is 6.92 Å². The molecule has 0 bridgehead atoms. The molecular weight excluding hydrogens is 282 g/mol. The van der Waals surface area contributed by atoms with Crippen molar-refractivity contribution in [1.82, 2.24) is 10.6 Å². The molecule has 0 amide bonds. The summed E-state index contributed by atoms with van der Waals surface area (Å²) in [6.45, 7) is 11.3. The third-order valence-corrected chi connectivity index (χ3v) is 3.50. The van der Waals surface area contributed by atoms with Gasteiger partial charge in [-0.1, -0.05) is 0 Å². The topological polar surface area (TPSA) is 64.1 Å². The van der Waals surface area contributed by atoms with E-state index in [4.69, 9.17) is 14.2 Å².